The number of ether oxygens (including phenoxy) is 1. The molecule has 0 amide bonds. The fraction of sp³-hybridized carbons (Fsp3) is 0.667. The van der Waals surface area contributed by atoms with Crippen LogP contribution in [0.25, 0.3) is 0 Å². The number of esters is 1. The zero-order valence-corrected chi connectivity index (χ0v) is 14.3. The highest BCUT2D eigenvalue weighted by molar-refractivity contribution is 5.75. The van der Waals surface area contributed by atoms with Crippen LogP contribution in [0.1, 0.15) is 57.8 Å². The molecule has 3 N–H and O–H groups in total. The molecule has 0 unspecified atom stereocenters. The lowest BCUT2D eigenvalue weighted by molar-refractivity contribution is -0.142. The molecule has 0 fully saturated rings. The zero-order chi connectivity index (χ0) is 16.8. The summed E-state index contributed by atoms with van der Waals surface area (Å²) in [5.41, 5.74) is 6.93. The Labute approximate surface area is 140 Å². The molecule has 1 aliphatic heterocycles. The van der Waals surface area contributed by atoms with E-state index in [0.29, 0.717) is 6.42 Å². The number of rotatable bonds is 9. The maximum atomic E-state index is 11.2. The highest BCUT2D eigenvalue weighted by Gasteiger charge is 2.12. The van der Waals surface area contributed by atoms with Crippen LogP contribution in [0.15, 0.2) is 28.9 Å². The van der Waals surface area contributed by atoms with E-state index in [0.717, 1.165) is 45.1 Å². The number of nitrogens with zero attached hydrogens (tertiary/aromatic N) is 1. The van der Waals surface area contributed by atoms with Gasteiger partial charge in [0.05, 0.1) is 13.4 Å². The third-order valence-electron chi connectivity index (χ3n) is 3.90. The predicted octanol–water partition coefficient (Wildman–Crippen LogP) is 3.07. The molecule has 130 valence electrons. The first-order valence-corrected chi connectivity index (χ1v) is 8.68. The van der Waals surface area contributed by atoms with E-state index in [2.05, 4.69) is 33.3 Å². The maximum absolute atomic E-state index is 11.2. The molecule has 1 atom stereocenters. The Morgan fingerprint density at radius 1 is 1.35 bits per heavy atom. The lowest BCUT2D eigenvalue weighted by Crippen LogP contribution is -2.31. The van der Waals surface area contributed by atoms with E-state index in [4.69, 9.17) is 5.73 Å². The lowest BCUT2D eigenvalue weighted by atomic mass is 10.1. The first-order chi connectivity index (χ1) is 11.2. The molecular weight excluding hydrogens is 290 g/mol. The number of unbranched alkanes of at least 4 members (excludes halogenated alkanes) is 4. The van der Waals surface area contributed by atoms with E-state index < -0.39 is 6.04 Å². The number of hydrogen-bond donors (Lipinski definition) is 2. The number of aliphatic imine (C=N–C) groups is 1. The smallest absolute Gasteiger partial charge is 0.322 e. The predicted molar refractivity (Wildman–Crippen MR) is 95.3 cm³/mol. The minimum atomic E-state index is -0.469. The Hall–Kier alpha value is -1.62. The van der Waals surface area contributed by atoms with Gasteiger partial charge in [-0.1, -0.05) is 37.8 Å². The van der Waals surface area contributed by atoms with Gasteiger partial charge in [-0.05, 0) is 38.2 Å². The molecule has 23 heavy (non-hydrogen) atoms. The van der Waals surface area contributed by atoms with Crippen LogP contribution < -0.4 is 11.1 Å². The van der Waals surface area contributed by atoms with Crippen LogP contribution in [0, 0.1) is 0 Å². The van der Waals surface area contributed by atoms with Crippen molar-refractivity contribution in [3.8, 4) is 0 Å². The molecule has 0 aromatic heterocycles. The minimum absolute atomic E-state index is 0.311. The van der Waals surface area contributed by atoms with E-state index in [-0.39, 0.29) is 5.97 Å². The summed E-state index contributed by atoms with van der Waals surface area (Å²) in [6, 6.07) is -0.469. The molecule has 5 heteroatoms. The molecule has 0 aliphatic carbocycles. The van der Waals surface area contributed by atoms with E-state index in [1.54, 1.807) is 0 Å². The average Bonchev–Trinajstić information content (AvgIpc) is 2.58. The number of methoxy groups -OCH3 is 1. The lowest BCUT2D eigenvalue weighted by Gasteiger charge is -2.09. The number of carbonyl (C=O) groups excluding carboxylic acids is 1. The van der Waals surface area contributed by atoms with Crippen molar-refractivity contribution >= 4 is 12.3 Å². The van der Waals surface area contributed by atoms with Crippen molar-refractivity contribution < 1.29 is 9.53 Å². The van der Waals surface area contributed by atoms with Crippen molar-refractivity contribution in [2.24, 2.45) is 10.7 Å². The van der Waals surface area contributed by atoms with E-state index in [1.165, 1.54) is 25.6 Å². The van der Waals surface area contributed by atoms with Gasteiger partial charge in [-0.3, -0.25) is 9.79 Å². The van der Waals surface area contributed by atoms with Crippen molar-refractivity contribution in [2.45, 2.75) is 63.8 Å². The third kappa shape index (κ3) is 9.89. The summed E-state index contributed by atoms with van der Waals surface area (Å²) in [5.74, 6) is -0.311. The van der Waals surface area contributed by atoms with Crippen LogP contribution in [0.3, 0.4) is 0 Å². The fourth-order valence-electron chi connectivity index (χ4n) is 2.46. The molecule has 5 nitrogen and oxygen atoms in total. The summed E-state index contributed by atoms with van der Waals surface area (Å²) in [4.78, 5) is 15.5. The Kier molecular flexibility index (Phi) is 10.9. The summed E-state index contributed by atoms with van der Waals surface area (Å²) in [6.45, 7) is 0.887. The molecule has 0 spiro atoms. The largest absolute Gasteiger partial charge is 0.468 e. The Balaban J connectivity index is 2.10. The summed E-state index contributed by atoms with van der Waals surface area (Å²) in [6.07, 6.45) is 17.9. The molecular formula is C18H31N3O2. The van der Waals surface area contributed by atoms with E-state index >= 15 is 0 Å². The normalized spacial score (nSPS) is 20.0. The Morgan fingerprint density at radius 2 is 2.13 bits per heavy atom. The topological polar surface area (TPSA) is 76.7 Å². The molecule has 0 saturated heterocycles. The number of hydrogen-bond acceptors (Lipinski definition) is 5. The Morgan fingerprint density at radius 3 is 2.96 bits per heavy atom. The second kappa shape index (κ2) is 12.9. The van der Waals surface area contributed by atoms with Gasteiger partial charge in [0.25, 0.3) is 0 Å². The number of allylic oxidation sites excluding steroid dienone is 4. The fourth-order valence-corrected chi connectivity index (χ4v) is 2.46. The molecule has 0 saturated carbocycles. The van der Waals surface area contributed by atoms with Crippen LogP contribution in [0.2, 0.25) is 0 Å². The first kappa shape index (κ1) is 19.4. The minimum Gasteiger partial charge on any atom is -0.468 e. The zero-order valence-electron chi connectivity index (χ0n) is 14.3. The number of carbonyl (C=O) groups is 1. The summed E-state index contributed by atoms with van der Waals surface area (Å²) in [7, 11) is 1.38. The molecule has 1 rings (SSSR count). The summed E-state index contributed by atoms with van der Waals surface area (Å²) in [5, 5.41) is 3.28. The van der Waals surface area contributed by atoms with Crippen LogP contribution in [-0.4, -0.2) is 32.0 Å². The van der Waals surface area contributed by atoms with Crippen molar-refractivity contribution in [2.75, 3.05) is 13.7 Å². The van der Waals surface area contributed by atoms with Gasteiger partial charge in [0, 0.05) is 12.2 Å². The molecule has 0 radical (unpaired) electrons. The van der Waals surface area contributed by atoms with Gasteiger partial charge in [-0.25, -0.2) is 0 Å². The standard InChI is InChI=1S/C18H31N3O2/c1-23-18(22)17(19)13-9-4-2-3-7-11-16-12-8-5-6-10-14-20-15-21-16/h5,8,12,15,17H,2-4,6-7,9-11,13-14,19H2,1H3,(H,20,21)/b8-5+,16-12-/t17-/m0/s1. The first-order valence-electron chi connectivity index (χ1n) is 8.68. The molecule has 1 heterocycles. The average molecular weight is 321 g/mol. The Bertz CT molecular complexity index is 416. The highest BCUT2D eigenvalue weighted by atomic mass is 16.5. The molecule has 0 aromatic rings. The van der Waals surface area contributed by atoms with Crippen molar-refractivity contribution in [3.63, 3.8) is 0 Å². The van der Waals surface area contributed by atoms with Gasteiger partial charge < -0.3 is 15.8 Å². The number of nitrogens with two attached hydrogens (primary N) is 1. The van der Waals surface area contributed by atoms with E-state index in [1.807, 2.05) is 6.34 Å². The van der Waals surface area contributed by atoms with Crippen LogP contribution in [0.5, 0.6) is 0 Å². The van der Waals surface area contributed by atoms with Gasteiger partial charge >= 0.3 is 5.97 Å². The van der Waals surface area contributed by atoms with Gasteiger partial charge in [0.15, 0.2) is 0 Å². The van der Waals surface area contributed by atoms with Crippen molar-refractivity contribution in [1.82, 2.24) is 5.32 Å². The van der Waals surface area contributed by atoms with Crippen molar-refractivity contribution in [3.05, 3.63) is 23.9 Å². The quantitative estimate of drug-likeness (QED) is 0.505. The molecule has 1 aliphatic rings. The van der Waals surface area contributed by atoms with E-state index in [9.17, 15) is 4.79 Å². The monoisotopic (exact) mass is 321 g/mol. The van der Waals surface area contributed by atoms with Gasteiger partial charge in [-0.15, -0.1) is 0 Å². The maximum Gasteiger partial charge on any atom is 0.322 e. The second-order valence-corrected chi connectivity index (χ2v) is 5.88. The SMILES string of the molecule is COC(=O)[C@@H](N)CCCCCCC/C1=C/C=C/CCCN=CN1. The van der Waals surface area contributed by atoms with Gasteiger partial charge in [0.1, 0.15) is 6.04 Å². The molecule has 0 bridgehead atoms. The van der Waals surface area contributed by atoms with Gasteiger partial charge in [0.2, 0.25) is 0 Å². The molecule has 0 aromatic carbocycles. The summed E-state index contributed by atoms with van der Waals surface area (Å²) < 4.78 is 4.62. The van der Waals surface area contributed by atoms with Crippen molar-refractivity contribution in [1.29, 1.82) is 0 Å². The van der Waals surface area contributed by atoms with Crippen LogP contribution in [-0.2, 0) is 9.53 Å². The second-order valence-electron chi connectivity index (χ2n) is 5.88. The van der Waals surface area contributed by atoms with Gasteiger partial charge in [-0.2, -0.15) is 0 Å². The van der Waals surface area contributed by atoms with Crippen LogP contribution in [0.4, 0.5) is 0 Å². The highest BCUT2D eigenvalue weighted by Crippen LogP contribution is 2.11. The summed E-state index contributed by atoms with van der Waals surface area (Å²) >= 11 is 0. The third-order valence-corrected chi connectivity index (χ3v) is 3.90. The van der Waals surface area contributed by atoms with Crippen LogP contribution >= 0.6 is 0 Å². The number of nitrogens with one attached hydrogen (secondary N) is 1.